The van der Waals surface area contributed by atoms with Gasteiger partial charge in [-0.15, -0.1) is 0 Å². The van der Waals surface area contributed by atoms with E-state index < -0.39 is 23.8 Å². The van der Waals surface area contributed by atoms with E-state index in [0.717, 1.165) is 10.3 Å². The number of rotatable bonds is 5. The molecule has 0 atom stereocenters. The fraction of sp³-hybridized carbons (Fsp3) is 0.294. The van der Waals surface area contributed by atoms with E-state index >= 15 is 0 Å². The number of carboxylic acid groups (broad SMARTS) is 1. The van der Waals surface area contributed by atoms with Gasteiger partial charge in [-0.3, -0.25) is 23.3 Å². The highest BCUT2D eigenvalue weighted by atomic mass is 16.4. The Morgan fingerprint density at radius 1 is 1.15 bits per heavy atom. The number of aliphatic carboxylic acids is 1. The first kappa shape index (κ1) is 17.5. The van der Waals surface area contributed by atoms with Crippen LogP contribution >= 0.6 is 0 Å². The van der Waals surface area contributed by atoms with E-state index in [1.54, 1.807) is 4.90 Å². The van der Waals surface area contributed by atoms with Crippen molar-refractivity contribution in [1.82, 2.24) is 18.7 Å². The van der Waals surface area contributed by atoms with Gasteiger partial charge in [0.15, 0.2) is 11.2 Å². The van der Waals surface area contributed by atoms with Crippen LogP contribution in [0.4, 0.5) is 11.6 Å². The van der Waals surface area contributed by atoms with E-state index in [0.29, 0.717) is 12.5 Å². The van der Waals surface area contributed by atoms with Crippen molar-refractivity contribution in [2.45, 2.75) is 13.5 Å². The first-order valence-corrected chi connectivity index (χ1v) is 8.07. The Kier molecular flexibility index (Phi) is 4.37. The highest BCUT2D eigenvalue weighted by molar-refractivity contribution is 5.79. The molecule has 0 aliphatic carbocycles. The first-order valence-electron chi connectivity index (χ1n) is 8.07. The molecule has 0 amide bonds. The van der Waals surface area contributed by atoms with Crippen LogP contribution in [0.2, 0.25) is 0 Å². The number of imidazole rings is 1. The smallest absolute Gasteiger partial charge is 0.332 e. The third-order valence-corrected chi connectivity index (χ3v) is 4.25. The van der Waals surface area contributed by atoms with Crippen molar-refractivity contribution in [2.24, 2.45) is 14.1 Å². The summed E-state index contributed by atoms with van der Waals surface area (Å²) < 4.78 is 3.54. The van der Waals surface area contributed by atoms with Crippen LogP contribution in [0.25, 0.3) is 11.2 Å². The molecule has 0 saturated heterocycles. The second-order valence-corrected chi connectivity index (χ2v) is 5.85. The Hall–Kier alpha value is -3.36. The lowest BCUT2D eigenvalue weighted by Crippen LogP contribution is -2.37. The summed E-state index contributed by atoms with van der Waals surface area (Å²) in [6.45, 7) is 1.96. The molecule has 2 heterocycles. The highest BCUT2D eigenvalue weighted by Gasteiger charge is 2.24. The molecule has 9 heteroatoms. The number of carbonyl (C=O) groups is 1. The summed E-state index contributed by atoms with van der Waals surface area (Å²) in [7, 11) is 2.86. The minimum absolute atomic E-state index is 0.0846. The minimum atomic E-state index is -1.11. The predicted octanol–water partition coefficient (Wildman–Crippen LogP) is 0.676. The zero-order valence-corrected chi connectivity index (χ0v) is 14.7. The zero-order chi connectivity index (χ0) is 19.0. The van der Waals surface area contributed by atoms with Gasteiger partial charge in [-0.2, -0.15) is 4.98 Å². The van der Waals surface area contributed by atoms with Crippen LogP contribution < -0.4 is 16.1 Å². The van der Waals surface area contributed by atoms with Crippen LogP contribution in [0.3, 0.4) is 0 Å². The minimum Gasteiger partial charge on any atom is -0.480 e. The molecule has 0 radical (unpaired) electrons. The SMILES string of the molecule is CCN(c1ccccc1)c1nc2c(c(=O)n(C)c(=O)n2C)n1CC(=O)O. The number of fused-ring (bicyclic) bond motifs is 1. The highest BCUT2D eigenvalue weighted by Crippen LogP contribution is 2.26. The number of nitrogens with zero attached hydrogens (tertiary/aromatic N) is 5. The summed E-state index contributed by atoms with van der Waals surface area (Å²) in [5.41, 5.74) is -0.0483. The Labute approximate surface area is 148 Å². The number of para-hydroxylation sites is 1. The molecule has 0 aliphatic heterocycles. The molecular weight excluding hydrogens is 338 g/mol. The zero-order valence-electron chi connectivity index (χ0n) is 14.7. The van der Waals surface area contributed by atoms with E-state index in [1.165, 1.54) is 23.2 Å². The molecule has 0 fully saturated rings. The molecule has 1 aromatic carbocycles. The monoisotopic (exact) mass is 357 g/mol. The van der Waals surface area contributed by atoms with Crippen LogP contribution in [-0.4, -0.2) is 36.3 Å². The number of carboxylic acids is 1. The van der Waals surface area contributed by atoms with Gasteiger partial charge in [-0.05, 0) is 19.1 Å². The summed E-state index contributed by atoms with van der Waals surface area (Å²) in [6, 6.07) is 9.32. The van der Waals surface area contributed by atoms with Crippen LogP contribution in [0.1, 0.15) is 6.92 Å². The number of anilines is 2. The maximum absolute atomic E-state index is 12.6. The largest absolute Gasteiger partial charge is 0.480 e. The summed E-state index contributed by atoms with van der Waals surface area (Å²) in [6.07, 6.45) is 0. The molecule has 9 nitrogen and oxygen atoms in total. The number of hydrogen-bond donors (Lipinski definition) is 1. The lowest BCUT2D eigenvalue weighted by Gasteiger charge is -2.22. The molecule has 0 spiro atoms. The quantitative estimate of drug-likeness (QED) is 0.720. The summed E-state index contributed by atoms with van der Waals surface area (Å²) >= 11 is 0. The molecule has 136 valence electrons. The predicted molar refractivity (Wildman–Crippen MR) is 97.0 cm³/mol. The van der Waals surface area contributed by atoms with Crippen molar-refractivity contribution < 1.29 is 9.90 Å². The van der Waals surface area contributed by atoms with Gasteiger partial charge in [0.05, 0.1) is 0 Å². The third-order valence-electron chi connectivity index (χ3n) is 4.25. The van der Waals surface area contributed by atoms with Gasteiger partial charge >= 0.3 is 11.7 Å². The van der Waals surface area contributed by atoms with Crippen LogP contribution in [-0.2, 0) is 25.4 Å². The molecule has 26 heavy (non-hydrogen) atoms. The second-order valence-electron chi connectivity index (χ2n) is 5.85. The van der Waals surface area contributed by atoms with Gasteiger partial charge < -0.3 is 10.0 Å². The third kappa shape index (κ3) is 2.67. The number of hydrogen-bond acceptors (Lipinski definition) is 5. The topological polar surface area (TPSA) is 102 Å². The number of aryl methyl sites for hydroxylation is 1. The van der Waals surface area contributed by atoms with Gasteiger partial charge in [0.1, 0.15) is 6.54 Å². The fourth-order valence-electron chi connectivity index (χ4n) is 2.97. The van der Waals surface area contributed by atoms with Crippen molar-refractivity contribution in [2.75, 3.05) is 11.4 Å². The standard InChI is InChI=1S/C17H19N5O4/c1-4-21(11-8-6-5-7-9-11)16-18-14-13(22(16)10-12(23)24)15(25)20(3)17(26)19(14)2/h5-9H,4,10H2,1-3H3,(H,23,24). The summed E-state index contributed by atoms with van der Waals surface area (Å²) in [5, 5.41) is 9.33. The number of benzene rings is 1. The number of aromatic nitrogens is 4. The van der Waals surface area contributed by atoms with Gasteiger partial charge in [0.2, 0.25) is 5.95 Å². The van der Waals surface area contributed by atoms with Crippen molar-refractivity contribution in [3.05, 3.63) is 51.2 Å². The van der Waals surface area contributed by atoms with Crippen LogP contribution in [0, 0.1) is 0 Å². The van der Waals surface area contributed by atoms with Crippen molar-refractivity contribution in [1.29, 1.82) is 0 Å². The first-order chi connectivity index (χ1) is 12.4. The normalized spacial score (nSPS) is 11.0. The Balaban J connectivity index is 2.40. The lowest BCUT2D eigenvalue weighted by atomic mass is 10.3. The lowest BCUT2D eigenvalue weighted by molar-refractivity contribution is -0.137. The summed E-state index contributed by atoms with van der Waals surface area (Å²) in [5.74, 6) is -0.806. The summed E-state index contributed by atoms with van der Waals surface area (Å²) in [4.78, 5) is 42.5. The molecule has 1 N–H and O–H groups in total. The Morgan fingerprint density at radius 3 is 2.38 bits per heavy atom. The molecule has 3 rings (SSSR count). The van der Waals surface area contributed by atoms with Crippen LogP contribution in [0.5, 0.6) is 0 Å². The van der Waals surface area contributed by atoms with E-state index in [9.17, 15) is 19.5 Å². The van der Waals surface area contributed by atoms with Gasteiger partial charge in [-0.25, -0.2) is 4.79 Å². The molecule has 0 unspecified atom stereocenters. The van der Waals surface area contributed by atoms with Crippen molar-refractivity contribution >= 4 is 28.8 Å². The average Bonchev–Trinajstić information content (AvgIpc) is 2.98. The van der Waals surface area contributed by atoms with E-state index in [1.807, 2.05) is 37.3 Å². The molecule has 2 aromatic heterocycles. The van der Waals surface area contributed by atoms with Crippen molar-refractivity contribution in [3.63, 3.8) is 0 Å². The van der Waals surface area contributed by atoms with E-state index in [2.05, 4.69) is 4.98 Å². The Morgan fingerprint density at radius 2 is 1.81 bits per heavy atom. The molecule has 0 aliphatic rings. The van der Waals surface area contributed by atoms with Crippen molar-refractivity contribution in [3.8, 4) is 0 Å². The van der Waals surface area contributed by atoms with E-state index in [4.69, 9.17) is 0 Å². The van der Waals surface area contributed by atoms with Gasteiger partial charge in [0, 0.05) is 26.3 Å². The van der Waals surface area contributed by atoms with Gasteiger partial charge in [0.25, 0.3) is 5.56 Å². The van der Waals surface area contributed by atoms with Gasteiger partial charge in [-0.1, -0.05) is 18.2 Å². The maximum Gasteiger partial charge on any atom is 0.332 e. The molecular formula is C17H19N5O4. The maximum atomic E-state index is 12.6. The fourth-order valence-corrected chi connectivity index (χ4v) is 2.97. The van der Waals surface area contributed by atoms with E-state index in [-0.39, 0.29) is 11.2 Å². The molecule has 0 bridgehead atoms. The van der Waals surface area contributed by atoms with Crippen LogP contribution in [0.15, 0.2) is 39.9 Å². The molecule has 3 aromatic rings. The average molecular weight is 357 g/mol. The Bertz CT molecular complexity index is 1090. The molecule has 0 saturated carbocycles. The second kappa shape index (κ2) is 6.51.